The third-order valence-corrected chi connectivity index (χ3v) is 2.93. The average molecular weight is 296 g/mol. The number of benzene rings is 1. The molecule has 0 heterocycles. The Bertz CT molecular complexity index is 486. The Morgan fingerprint density at radius 2 is 1.86 bits per heavy atom. The number of rotatable bonds is 7. The van der Waals surface area contributed by atoms with E-state index in [1.54, 1.807) is 18.2 Å². The standard InChI is InChI=1S/C14H20N2O5/c1-19-11-5-4-9(6-12(11)20-2)10(7-14(18)21-3)16-13(17)8-15/h4-6,10H,7-8,15H2,1-3H3,(H,16,17). The van der Waals surface area contributed by atoms with Gasteiger partial charge in [-0.15, -0.1) is 0 Å². The van der Waals surface area contributed by atoms with Gasteiger partial charge in [0.05, 0.1) is 40.3 Å². The molecule has 7 nitrogen and oxygen atoms in total. The van der Waals surface area contributed by atoms with Crippen molar-refractivity contribution >= 4 is 11.9 Å². The molecule has 0 radical (unpaired) electrons. The zero-order chi connectivity index (χ0) is 15.8. The molecule has 0 aliphatic carbocycles. The fraction of sp³-hybridized carbons (Fsp3) is 0.429. The van der Waals surface area contributed by atoms with Crippen LogP contribution in [-0.2, 0) is 14.3 Å². The van der Waals surface area contributed by atoms with Crippen LogP contribution in [0.2, 0.25) is 0 Å². The number of amides is 1. The molecule has 1 unspecified atom stereocenters. The Morgan fingerprint density at radius 3 is 2.38 bits per heavy atom. The third-order valence-electron chi connectivity index (χ3n) is 2.93. The van der Waals surface area contributed by atoms with Crippen molar-refractivity contribution in [2.24, 2.45) is 5.73 Å². The molecule has 21 heavy (non-hydrogen) atoms. The molecule has 3 N–H and O–H groups in total. The summed E-state index contributed by atoms with van der Waals surface area (Å²) < 4.78 is 15.0. The van der Waals surface area contributed by atoms with Gasteiger partial charge in [-0.1, -0.05) is 6.07 Å². The van der Waals surface area contributed by atoms with Crippen molar-refractivity contribution in [2.75, 3.05) is 27.9 Å². The maximum atomic E-state index is 11.5. The molecule has 7 heteroatoms. The van der Waals surface area contributed by atoms with Crippen molar-refractivity contribution in [2.45, 2.75) is 12.5 Å². The minimum absolute atomic E-state index is 0.00226. The first-order valence-corrected chi connectivity index (χ1v) is 6.33. The van der Waals surface area contributed by atoms with Crippen LogP contribution in [0.15, 0.2) is 18.2 Å². The molecular weight excluding hydrogens is 276 g/mol. The fourth-order valence-electron chi connectivity index (χ4n) is 1.83. The molecule has 0 bridgehead atoms. The largest absolute Gasteiger partial charge is 0.493 e. The summed E-state index contributed by atoms with van der Waals surface area (Å²) >= 11 is 0. The normalized spacial score (nSPS) is 11.4. The second kappa shape index (κ2) is 8.11. The lowest BCUT2D eigenvalue weighted by Crippen LogP contribution is -2.35. The lowest BCUT2D eigenvalue weighted by Gasteiger charge is -2.19. The summed E-state index contributed by atoms with van der Waals surface area (Å²) in [5.41, 5.74) is 5.98. The molecule has 1 rings (SSSR count). The maximum Gasteiger partial charge on any atom is 0.307 e. The molecule has 0 spiro atoms. The minimum atomic E-state index is -0.548. The highest BCUT2D eigenvalue weighted by atomic mass is 16.5. The smallest absolute Gasteiger partial charge is 0.307 e. The first-order chi connectivity index (χ1) is 10.0. The van der Waals surface area contributed by atoms with Crippen molar-refractivity contribution in [3.63, 3.8) is 0 Å². The molecule has 0 fully saturated rings. The molecule has 0 saturated heterocycles. The third kappa shape index (κ3) is 4.64. The molecule has 0 aliphatic heterocycles. The number of nitrogens with two attached hydrogens (primary N) is 1. The molecule has 0 saturated carbocycles. The van der Waals surface area contributed by atoms with Crippen LogP contribution in [0.25, 0.3) is 0 Å². The number of carbonyl (C=O) groups is 2. The van der Waals surface area contributed by atoms with E-state index in [2.05, 4.69) is 10.1 Å². The maximum absolute atomic E-state index is 11.5. The van der Waals surface area contributed by atoms with Gasteiger partial charge in [0.25, 0.3) is 0 Å². The van der Waals surface area contributed by atoms with Gasteiger partial charge in [0.1, 0.15) is 0 Å². The van der Waals surface area contributed by atoms with Gasteiger partial charge in [0.15, 0.2) is 11.5 Å². The highest BCUT2D eigenvalue weighted by Gasteiger charge is 2.20. The number of nitrogens with one attached hydrogen (secondary N) is 1. The molecule has 1 amide bonds. The van der Waals surface area contributed by atoms with Crippen molar-refractivity contribution in [3.05, 3.63) is 23.8 Å². The minimum Gasteiger partial charge on any atom is -0.493 e. The number of esters is 1. The SMILES string of the molecule is COC(=O)CC(NC(=O)CN)c1ccc(OC)c(OC)c1. The van der Waals surface area contributed by atoms with E-state index in [9.17, 15) is 9.59 Å². The van der Waals surface area contributed by atoms with Gasteiger partial charge in [-0.25, -0.2) is 0 Å². The molecule has 1 aromatic carbocycles. The van der Waals surface area contributed by atoms with E-state index >= 15 is 0 Å². The van der Waals surface area contributed by atoms with Crippen molar-refractivity contribution < 1.29 is 23.8 Å². The van der Waals surface area contributed by atoms with Gasteiger partial charge in [-0.3, -0.25) is 9.59 Å². The van der Waals surface area contributed by atoms with Crippen LogP contribution in [0, 0.1) is 0 Å². The topological polar surface area (TPSA) is 99.9 Å². The van der Waals surface area contributed by atoms with E-state index < -0.39 is 12.0 Å². The monoisotopic (exact) mass is 296 g/mol. The summed E-state index contributed by atoms with van der Waals surface area (Å²) in [4.78, 5) is 23.0. The van der Waals surface area contributed by atoms with Crippen LogP contribution >= 0.6 is 0 Å². The quantitative estimate of drug-likeness (QED) is 0.706. The summed E-state index contributed by atoms with van der Waals surface area (Å²) in [6, 6.07) is 4.59. The lowest BCUT2D eigenvalue weighted by molar-refractivity contribution is -0.141. The van der Waals surface area contributed by atoms with Crippen LogP contribution < -0.4 is 20.5 Å². The van der Waals surface area contributed by atoms with Gasteiger partial charge >= 0.3 is 5.97 Å². The Kier molecular flexibility index (Phi) is 6.48. The number of hydrogen-bond acceptors (Lipinski definition) is 6. The number of carbonyl (C=O) groups excluding carboxylic acids is 2. The first-order valence-electron chi connectivity index (χ1n) is 6.33. The van der Waals surface area contributed by atoms with Crippen LogP contribution in [0.5, 0.6) is 11.5 Å². The van der Waals surface area contributed by atoms with Gasteiger partial charge in [-0.2, -0.15) is 0 Å². The lowest BCUT2D eigenvalue weighted by atomic mass is 10.0. The average Bonchev–Trinajstić information content (AvgIpc) is 2.52. The van der Waals surface area contributed by atoms with E-state index in [1.807, 2.05) is 0 Å². The predicted molar refractivity (Wildman–Crippen MR) is 76.1 cm³/mol. The molecule has 1 atom stereocenters. The second-order valence-electron chi connectivity index (χ2n) is 4.22. The van der Waals surface area contributed by atoms with Crippen LogP contribution in [0.1, 0.15) is 18.0 Å². The molecule has 0 aromatic heterocycles. The number of ether oxygens (including phenoxy) is 3. The Hall–Kier alpha value is -2.28. The summed E-state index contributed by atoms with van der Waals surface area (Å²) in [6.45, 7) is -0.162. The van der Waals surface area contributed by atoms with E-state index in [0.717, 1.165) is 0 Å². The zero-order valence-corrected chi connectivity index (χ0v) is 12.3. The predicted octanol–water partition coefficient (Wildman–Crippen LogP) is 0.383. The summed E-state index contributed by atoms with van der Waals surface area (Å²) in [7, 11) is 4.33. The Labute approximate surface area is 123 Å². The van der Waals surface area contributed by atoms with E-state index in [1.165, 1.54) is 21.3 Å². The number of methoxy groups -OCH3 is 3. The van der Waals surface area contributed by atoms with Crippen molar-refractivity contribution in [1.82, 2.24) is 5.32 Å². The zero-order valence-electron chi connectivity index (χ0n) is 12.3. The van der Waals surface area contributed by atoms with Gasteiger partial charge in [-0.05, 0) is 17.7 Å². The fourth-order valence-corrected chi connectivity index (χ4v) is 1.83. The van der Waals surface area contributed by atoms with Gasteiger partial charge < -0.3 is 25.3 Å². The molecule has 116 valence electrons. The van der Waals surface area contributed by atoms with Crippen LogP contribution in [0.4, 0.5) is 0 Å². The van der Waals surface area contributed by atoms with Crippen molar-refractivity contribution in [3.8, 4) is 11.5 Å². The first kappa shape index (κ1) is 16.8. The van der Waals surface area contributed by atoms with E-state index in [4.69, 9.17) is 15.2 Å². The van der Waals surface area contributed by atoms with Gasteiger partial charge in [0, 0.05) is 0 Å². The summed E-state index contributed by atoms with van der Waals surface area (Å²) in [5, 5.41) is 2.68. The van der Waals surface area contributed by atoms with Crippen LogP contribution in [-0.4, -0.2) is 39.8 Å². The van der Waals surface area contributed by atoms with E-state index in [0.29, 0.717) is 17.1 Å². The number of hydrogen-bond donors (Lipinski definition) is 2. The van der Waals surface area contributed by atoms with Crippen LogP contribution in [0.3, 0.4) is 0 Å². The van der Waals surface area contributed by atoms with Gasteiger partial charge in [0.2, 0.25) is 5.91 Å². The molecule has 0 aliphatic rings. The summed E-state index contributed by atoms with van der Waals surface area (Å²) in [5.74, 6) is 0.265. The highest BCUT2D eigenvalue weighted by molar-refractivity contribution is 5.79. The summed E-state index contributed by atoms with van der Waals surface area (Å²) in [6.07, 6.45) is -0.00226. The highest BCUT2D eigenvalue weighted by Crippen LogP contribution is 2.31. The Balaban J connectivity index is 3.06. The molecular formula is C14H20N2O5. The second-order valence-corrected chi connectivity index (χ2v) is 4.22. The molecule has 1 aromatic rings. The van der Waals surface area contributed by atoms with Crippen molar-refractivity contribution in [1.29, 1.82) is 0 Å². The van der Waals surface area contributed by atoms with E-state index in [-0.39, 0.29) is 18.9 Å². The Morgan fingerprint density at radius 1 is 1.19 bits per heavy atom.